The van der Waals surface area contributed by atoms with Crippen LogP contribution in [0.2, 0.25) is 0 Å². The number of nitrogens with one attached hydrogen (secondary N) is 1. The Balaban J connectivity index is 2.36. The molecule has 0 saturated heterocycles. The van der Waals surface area contributed by atoms with Gasteiger partial charge in [-0.1, -0.05) is 0 Å². The molecule has 0 aromatic carbocycles. The Morgan fingerprint density at radius 2 is 2.58 bits per heavy atom. The van der Waals surface area contributed by atoms with Crippen LogP contribution in [0, 0.1) is 0 Å². The molecule has 1 aromatic rings. The lowest BCUT2D eigenvalue weighted by atomic mass is 10.3. The van der Waals surface area contributed by atoms with Gasteiger partial charge in [-0.2, -0.15) is 0 Å². The van der Waals surface area contributed by atoms with Gasteiger partial charge in [0.2, 0.25) is 0 Å². The van der Waals surface area contributed by atoms with E-state index in [0.29, 0.717) is 0 Å². The summed E-state index contributed by atoms with van der Waals surface area (Å²) in [6.45, 7) is 1.04. The fourth-order valence-electron chi connectivity index (χ4n) is 1.16. The first-order valence-corrected chi connectivity index (χ1v) is 4.85. The summed E-state index contributed by atoms with van der Waals surface area (Å²) in [5.74, 6) is 1.07. The number of hydrogen-bond acceptors (Lipinski definition) is 4. The van der Waals surface area contributed by atoms with Crippen molar-refractivity contribution in [1.82, 2.24) is 4.98 Å². The number of rotatable bonds is 1. The summed E-state index contributed by atoms with van der Waals surface area (Å²) < 4.78 is 0. The van der Waals surface area contributed by atoms with Crippen molar-refractivity contribution >= 4 is 17.4 Å². The number of nitrogens with zero attached hydrogens (tertiary/aromatic N) is 1. The highest BCUT2D eigenvalue weighted by atomic mass is 32.2. The SMILES string of the molecule is OCc1cnc2c(c1)NCCS2. The zero-order chi connectivity index (χ0) is 8.39. The number of anilines is 1. The lowest BCUT2D eigenvalue weighted by Crippen LogP contribution is -2.11. The van der Waals surface area contributed by atoms with Gasteiger partial charge >= 0.3 is 0 Å². The van der Waals surface area contributed by atoms with E-state index < -0.39 is 0 Å². The van der Waals surface area contributed by atoms with Gasteiger partial charge < -0.3 is 10.4 Å². The summed E-state index contributed by atoms with van der Waals surface area (Å²) in [5.41, 5.74) is 1.92. The average molecular weight is 182 g/mol. The van der Waals surface area contributed by atoms with Crippen molar-refractivity contribution in [2.24, 2.45) is 0 Å². The molecule has 4 heteroatoms. The van der Waals surface area contributed by atoms with E-state index in [1.165, 1.54) is 0 Å². The number of fused-ring (bicyclic) bond motifs is 1. The molecule has 0 bridgehead atoms. The molecule has 12 heavy (non-hydrogen) atoms. The number of hydrogen-bond donors (Lipinski definition) is 2. The second-order valence-electron chi connectivity index (χ2n) is 2.63. The third-order valence-corrected chi connectivity index (χ3v) is 2.75. The van der Waals surface area contributed by atoms with Crippen molar-refractivity contribution in [3.63, 3.8) is 0 Å². The minimum atomic E-state index is 0.0621. The predicted molar refractivity (Wildman–Crippen MR) is 49.4 cm³/mol. The molecular formula is C8H10N2OS. The lowest BCUT2D eigenvalue weighted by Gasteiger charge is -2.16. The summed E-state index contributed by atoms with van der Waals surface area (Å²) in [6, 6.07) is 1.95. The van der Waals surface area contributed by atoms with Crippen LogP contribution in [0.3, 0.4) is 0 Å². The molecule has 0 radical (unpaired) electrons. The molecule has 0 saturated carbocycles. The monoisotopic (exact) mass is 182 g/mol. The molecule has 0 unspecified atom stereocenters. The summed E-state index contributed by atoms with van der Waals surface area (Å²) in [6.07, 6.45) is 1.72. The molecule has 2 N–H and O–H groups in total. The normalized spacial score (nSPS) is 15.1. The van der Waals surface area contributed by atoms with Crippen molar-refractivity contribution < 1.29 is 5.11 Å². The van der Waals surface area contributed by atoms with Crippen LogP contribution >= 0.6 is 11.8 Å². The zero-order valence-electron chi connectivity index (χ0n) is 6.58. The van der Waals surface area contributed by atoms with E-state index in [9.17, 15) is 0 Å². The van der Waals surface area contributed by atoms with Gasteiger partial charge in [0.05, 0.1) is 12.3 Å². The molecule has 0 fully saturated rings. The first-order valence-electron chi connectivity index (χ1n) is 3.86. The Morgan fingerprint density at radius 3 is 3.42 bits per heavy atom. The van der Waals surface area contributed by atoms with E-state index in [1.54, 1.807) is 18.0 Å². The van der Waals surface area contributed by atoms with Crippen LogP contribution in [0.1, 0.15) is 5.56 Å². The largest absolute Gasteiger partial charge is 0.392 e. The maximum absolute atomic E-state index is 8.86. The van der Waals surface area contributed by atoms with Gasteiger partial charge in [-0.25, -0.2) is 4.98 Å². The highest BCUT2D eigenvalue weighted by Crippen LogP contribution is 2.28. The van der Waals surface area contributed by atoms with E-state index in [1.807, 2.05) is 6.07 Å². The zero-order valence-corrected chi connectivity index (χ0v) is 7.40. The van der Waals surface area contributed by atoms with Gasteiger partial charge in [-0.05, 0) is 11.6 Å². The van der Waals surface area contributed by atoms with Crippen LogP contribution in [0.15, 0.2) is 17.3 Å². The van der Waals surface area contributed by atoms with Crippen molar-refractivity contribution in [1.29, 1.82) is 0 Å². The van der Waals surface area contributed by atoms with E-state index in [-0.39, 0.29) is 6.61 Å². The van der Waals surface area contributed by atoms with Crippen LogP contribution in [-0.4, -0.2) is 22.4 Å². The third-order valence-electron chi connectivity index (χ3n) is 1.75. The summed E-state index contributed by atoms with van der Waals surface area (Å²) >= 11 is 1.75. The van der Waals surface area contributed by atoms with Gasteiger partial charge in [-0.3, -0.25) is 0 Å². The second-order valence-corrected chi connectivity index (χ2v) is 3.71. The first kappa shape index (κ1) is 7.89. The molecule has 2 heterocycles. The number of aliphatic hydroxyl groups excluding tert-OH is 1. The second kappa shape index (κ2) is 3.33. The summed E-state index contributed by atoms with van der Waals surface area (Å²) in [4.78, 5) is 4.23. The molecule has 0 aliphatic carbocycles. The van der Waals surface area contributed by atoms with Crippen molar-refractivity contribution in [2.75, 3.05) is 17.6 Å². The molecule has 0 atom stereocenters. The molecule has 64 valence electrons. The van der Waals surface area contributed by atoms with Gasteiger partial charge in [-0.15, -0.1) is 11.8 Å². The van der Waals surface area contributed by atoms with Gasteiger partial charge in [0.1, 0.15) is 5.03 Å². The van der Waals surface area contributed by atoms with Gasteiger partial charge in [0, 0.05) is 18.5 Å². The highest BCUT2D eigenvalue weighted by Gasteiger charge is 2.09. The smallest absolute Gasteiger partial charge is 0.119 e. The van der Waals surface area contributed by atoms with E-state index >= 15 is 0 Å². The van der Waals surface area contributed by atoms with Crippen molar-refractivity contribution in [3.05, 3.63) is 17.8 Å². The van der Waals surface area contributed by atoms with Gasteiger partial charge in [0.25, 0.3) is 0 Å². The molecule has 3 nitrogen and oxygen atoms in total. The number of aromatic nitrogens is 1. The number of thioether (sulfide) groups is 1. The van der Waals surface area contributed by atoms with Crippen LogP contribution in [0.4, 0.5) is 5.69 Å². The molecular weight excluding hydrogens is 172 g/mol. The van der Waals surface area contributed by atoms with Crippen molar-refractivity contribution in [2.45, 2.75) is 11.6 Å². The molecule has 1 aliphatic rings. The Hall–Kier alpha value is -0.740. The van der Waals surface area contributed by atoms with E-state index in [2.05, 4.69) is 10.3 Å². The quantitative estimate of drug-likeness (QED) is 0.682. The average Bonchev–Trinajstić information content (AvgIpc) is 2.17. The van der Waals surface area contributed by atoms with Crippen LogP contribution < -0.4 is 5.32 Å². The van der Waals surface area contributed by atoms with E-state index in [0.717, 1.165) is 28.6 Å². The topological polar surface area (TPSA) is 45.2 Å². The Labute approximate surface area is 75.2 Å². The van der Waals surface area contributed by atoms with Gasteiger partial charge in [0.15, 0.2) is 0 Å². The maximum atomic E-state index is 8.86. The molecule has 0 amide bonds. The standard InChI is InChI=1S/C8H10N2OS/c11-5-6-3-7-8(10-4-6)12-2-1-9-7/h3-4,9,11H,1-2,5H2. The molecule has 2 rings (SSSR count). The van der Waals surface area contributed by atoms with Crippen LogP contribution in [-0.2, 0) is 6.61 Å². The Kier molecular flexibility index (Phi) is 2.19. The first-order chi connectivity index (χ1) is 5.90. The minimum absolute atomic E-state index is 0.0621. The van der Waals surface area contributed by atoms with Crippen molar-refractivity contribution in [3.8, 4) is 0 Å². The van der Waals surface area contributed by atoms with Crippen LogP contribution in [0.25, 0.3) is 0 Å². The van der Waals surface area contributed by atoms with E-state index in [4.69, 9.17) is 5.11 Å². The summed E-state index contributed by atoms with van der Waals surface area (Å²) in [5, 5.41) is 13.1. The lowest BCUT2D eigenvalue weighted by molar-refractivity contribution is 0.281. The van der Waals surface area contributed by atoms with Crippen LogP contribution in [0.5, 0.6) is 0 Å². The molecule has 0 spiro atoms. The molecule has 1 aliphatic heterocycles. The Morgan fingerprint density at radius 1 is 1.67 bits per heavy atom. The maximum Gasteiger partial charge on any atom is 0.119 e. The third kappa shape index (κ3) is 1.40. The minimum Gasteiger partial charge on any atom is -0.392 e. The number of pyridine rings is 1. The Bertz CT molecular complexity index is 290. The fourth-order valence-corrected chi connectivity index (χ4v) is 1.97. The number of aliphatic hydroxyl groups is 1. The highest BCUT2D eigenvalue weighted by molar-refractivity contribution is 7.99. The fraction of sp³-hybridized carbons (Fsp3) is 0.375. The predicted octanol–water partition coefficient (Wildman–Crippen LogP) is 1.09. The molecule has 1 aromatic heterocycles. The summed E-state index contributed by atoms with van der Waals surface area (Å²) in [7, 11) is 0.